The van der Waals surface area contributed by atoms with Gasteiger partial charge >= 0.3 is 5.97 Å². The number of hydrogen-bond donors (Lipinski definition) is 1. The van der Waals surface area contributed by atoms with Gasteiger partial charge in [0.1, 0.15) is 4.88 Å². The van der Waals surface area contributed by atoms with Gasteiger partial charge in [-0.25, -0.2) is 9.78 Å². The minimum atomic E-state index is -1.05. The molecule has 7 nitrogen and oxygen atoms in total. The van der Waals surface area contributed by atoms with Gasteiger partial charge in [0.15, 0.2) is 16.7 Å². The van der Waals surface area contributed by atoms with Crippen LogP contribution < -0.4 is 4.90 Å². The van der Waals surface area contributed by atoms with Gasteiger partial charge in [-0.05, 0) is 36.3 Å². The van der Waals surface area contributed by atoms with Crippen molar-refractivity contribution in [1.29, 1.82) is 0 Å². The van der Waals surface area contributed by atoms with Crippen molar-refractivity contribution in [3.8, 4) is 0 Å². The first-order valence-corrected chi connectivity index (χ1v) is 11.8. The summed E-state index contributed by atoms with van der Waals surface area (Å²) < 4.78 is 4.79. The zero-order valence-electron chi connectivity index (χ0n) is 18.5. The Labute approximate surface area is 214 Å². The fourth-order valence-corrected chi connectivity index (χ4v) is 4.96. The van der Waals surface area contributed by atoms with Crippen LogP contribution in [0.5, 0.6) is 0 Å². The number of thiazole rings is 1. The van der Waals surface area contributed by atoms with Crippen molar-refractivity contribution >= 4 is 63.4 Å². The number of aromatic nitrogens is 1. The molecule has 0 fully saturated rings. The van der Waals surface area contributed by atoms with Crippen molar-refractivity contribution in [2.45, 2.75) is 13.0 Å². The van der Waals surface area contributed by atoms with Gasteiger partial charge in [-0.2, -0.15) is 0 Å². The summed E-state index contributed by atoms with van der Waals surface area (Å²) in [6.45, 7) is 1.60. The number of ether oxygens (including phenoxy) is 1. The third-order valence-corrected chi connectivity index (χ3v) is 7.20. The number of carbonyl (C=O) groups excluding carboxylic acids is 3. The van der Waals surface area contributed by atoms with Crippen LogP contribution in [-0.4, -0.2) is 34.9 Å². The topological polar surface area (TPSA) is 96.8 Å². The molecule has 0 spiro atoms. The Bertz CT molecular complexity index is 1400. The third-order valence-electron chi connectivity index (χ3n) is 5.32. The summed E-state index contributed by atoms with van der Waals surface area (Å²) >= 11 is 13.2. The number of hydrogen-bond acceptors (Lipinski definition) is 7. The minimum Gasteiger partial charge on any atom is -0.503 e. The van der Waals surface area contributed by atoms with E-state index in [0.29, 0.717) is 11.3 Å². The number of methoxy groups -OCH3 is 1. The molecule has 1 N–H and O–H groups in total. The monoisotopic (exact) mass is 528 g/mol. The molecular formula is C25H18Cl2N2O5S. The quantitative estimate of drug-likeness (QED) is 0.324. The SMILES string of the molecule is COC(=O)c1sc(N2C(=O)C(O)=C(C(=O)/C=C/c3ccccc3)C2c2ccc(Cl)c(Cl)c2)nc1C. The number of amides is 1. The summed E-state index contributed by atoms with van der Waals surface area (Å²) in [5.41, 5.74) is 1.40. The van der Waals surface area contributed by atoms with Crippen LogP contribution in [0, 0.1) is 6.92 Å². The van der Waals surface area contributed by atoms with Crippen LogP contribution in [0.15, 0.2) is 65.9 Å². The molecule has 1 aromatic heterocycles. The summed E-state index contributed by atoms with van der Waals surface area (Å²) in [6, 6.07) is 12.7. The van der Waals surface area contributed by atoms with E-state index in [-0.39, 0.29) is 25.6 Å². The maximum Gasteiger partial charge on any atom is 0.350 e. The Morgan fingerprint density at radius 2 is 1.86 bits per heavy atom. The number of rotatable bonds is 6. The van der Waals surface area contributed by atoms with Gasteiger partial charge in [-0.15, -0.1) is 0 Å². The van der Waals surface area contributed by atoms with Gasteiger partial charge in [0.25, 0.3) is 5.91 Å². The van der Waals surface area contributed by atoms with Crippen molar-refractivity contribution in [3.63, 3.8) is 0 Å². The average molecular weight is 529 g/mol. The number of benzene rings is 2. The van der Waals surface area contributed by atoms with Crippen LogP contribution in [0.2, 0.25) is 10.0 Å². The number of nitrogens with zero attached hydrogens (tertiary/aromatic N) is 2. The molecule has 10 heteroatoms. The zero-order valence-corrected chi connectivity index (χ0v) is 20.8. The Morgan fingerprint density at radius 1 is 1.14 bits per heavy atom. The number of allylic oxidation sites excluding steroid dienone is 1. The fraction of sp³-hybridized carbons (Fsp3) is 0.120. The predicted molar refractivity (Wildman–Crippen MR) is 135 cm³/mol. The molecule has 1 atom stereocenters. The van der Waals surface area contributed by atoms with Crippen LogP contribution in [0.4, 0.5) is 5.13 Å². The Kier molecular flexibility index (Phi) is 7.07. The van der Waals surface area contributed by atoms with Crippen LogP contribution in [0.25, 0.3) is 6.08 Å². The van der Waals surface area contributed by atoms with E-state index in [1.807, 2.05) is 30.3 Å². The number of carbonyl (C=O) groups is 3. The van der Waals surface area contributed by atoms with E-state index in [2.05, 4.69) is 4.98 Å². The first-order valence-electron chi connectivity index (χ1n) is 10.3. The number of anilines is 1. The smallest absolute Gasteiger partial charge is 0.350 e. The molecule has 178 valence electrons. The Balaban J connectivity index is 1.83. The lowest BCUT2D eigenvalue weighted by Gasteiger charge is -2.24. The van der Waals surface area contributed by atoms with Gasteiger partial charge < -0.3 is 9.84 Å². The molecule has 1 aliphatic heterocycles. The van der Waals surface area contributed by atoms with Crippen molar-refractivity contribution < 1.29 is 24.2 Å². The number of aliphatic hydroxyl groups is 1. The fourth-order valence-electron chi connectivity index (χ4n) is 3.65. The third kappa shape index (κ3) is 4.73. The molecule has 0 radical (unpaired) electrons. The van der Waals surface area contributed by atoms with Crippen molar-refractivity contribution in [3.05, 3.63) is 97.7 Å². The van der Waals surface area contributed by atoms with E-state index in [9.17, 15) is 19.5 Å². The Hall–Kier alpha value is -3.46. The Morgan fingerprint density at radius 3 is 2.51 bits per heavy atom. The molecule has 1 unspecified atom stereocenters. The second-order valence-electron chi connectivity index (χ2n) is 7.52. The van der Waals surface area contributed by atoms with Gasteiger partial charge in [0.2, 0.25) is 0 Å². The highest BCUT2D eigenvalue weighted by Gasteiger charge is 2.45. The molecule has 0 saturated carbocycles. The molecule has 2 heterocycles. The molecular weight excluding hydrogens is 511 g/mol. The van der Waals surface area contributed by atoms with Gasteiger partial charge in [-0.1, -0.05) is 77.0 Å². The van der Waals surface area contributed by atoms with Crippen LogP contribution in [-0.2, 0) is 14.3 Å². The van der Waals surface area contributed by atoms with Crippen molar-refractivity contribution in [2.24, 2.45) is 0 Å². The normalized spacial score (nSPS) is 15.8. The van der Waals surface area contributed by atoms with Gasteiger partial charge in [-0.3, -0.25) is 14.5 Å². The lowest BCUT2D eigenvalue weighted by molar-refractivity contribution is -0.117. The lowest BCUT2D eigenvalue weighted by atomic mass is 9.96. The molecule has 0 bridgehead atoms. The van der Waals surface area contributed by atoms with E-state index >= 15 is 0 Å². The summed E-state index contributed by atoms with van der Waals surface area (Å²) in [7, 11) is 1.24. The second-order valence-corrected chi connectivity index (χ2v) is 9.32. The maximum absolute atomic E-state index is 13.3. The van der Waals surface area contributed by atoms with Crippen LogP contribution >= 0.6 is 34.5 Å². The van der Waals surface area contributed by atoms with E-state index in [1.165, 1.54) is 30.2 Å². The number of halogens is 2. The number of aryl methyl sites for hydroxylation is 1. The van der Waals surface area contributed by atoms with E-state index in [1.54, 1.807) is 19.1 Å². The number of esters is 1. The average Bonchev–Trinajstić information content (AvgIpc) is 3.36. The molecule has 0 aliphatic carbocycles. The molecule has 2 aromatic carbocycles. The van der Waals surface area contributed by atoms with Gasteiger partial charge in [0, 0.05) is 0 Å². The molecule has 1 aliphatic rings. The standard InChI is InChI=1S/C25H18Cl2N2O5S/c1-13-22(24(33)34-2)35-25(28-13)29-20(15-9-10-16(26)17(27)12-15)19(21(31)23(29)32)18(30)11-8-14-6-4-3-5-7-14/h3-12,20,31H,1-2H3/b11-8+. The molecule has 4 rings (SSSR count). The first kappa shape index (κ1) is 24.7. The second kappa shape index (κ2) is 10.0. The first-order chi connectivity index (χ1) is 16.7. The highest BCUT2D eigenvalue weighted by Crippen LogP contribution is 2.44. The lowest BCUT2D eigenvalue weighted by Crippen LogP contribution is -2.30. The predicted octanol–water partition coefficient (Wildman–Crippen LogP) is 5.73. The molecule has 0 saturated heterocycles. The number of aliphatic hydroxyl groups excluding tert-OH is 1. The minimum absolute atomic E-state index is 0.116. The van der Waals surface area contributed by atoms with E-state index < -0.39 is 29.5 Å². The molecule has 3 aromatic rings. The zero-order chi connectivity index (χ0) is 25.3. The number of ketones is 1. The van der Waals surface area contributed by atoms with Gasteiger partial charge in [0.05, 0.1) is 34.5 Å². The molecule has 35 heavy (non-hydrogen) atoms. The maximum atomic E-state index is 13.3. The van der Waals surface area contributed by atoms with Crippen molar-refractivity contribution in [2.75, 3.05) is 12.0 Å². The van der Waals surface area contributed by atoms with E-state index in [4.69, 9.17) is 27.9 Å². The molecule has 1 amide bonds. The summed E-state index contributed by atoms with van der Waals surface area (Å²) in [5, 5.41) is 11.4. The van der Waals surface area contributed by atoms with Crippen LogP contribution in [0.3, 0.4) is 0 Å². The summed E-state index contributed by atoms with van der Waals surface area (Å²) in [4.78, 5) is 44.3. The largest absolute Gasteiger partial charge is 0.503 e. The van der Waals surface area contributed by atoms with E-state index in [0.717, 1.165) is 16.9 Å². The summed E-state index contributed by atoms with van der Waals surface area (Å²) in [6.07, 6.45) is 2.87. The highest BCUT2D eigenvalue weighted by atomic mass is 35.5. The summed E-state index contributed by atoms with van der Waals surface area (Å²) in [5.74, 6) is -2.72. The highest BCUT2D eigenvalue weighted by molar-refractivity contribution is 7.17. The van der Waals surface area contributed by atoms with Crippen molar-refractivity contribution in [1.82, 2.24) is 4.98 Å². The van der Waals surface area contributed by atoms with Crippen LogP contribution in [0.1, 0.15) is 32.5 Å².